The molecule has 0 saturated carbocycles. The number of esters is 1. The van der Waals surface area contributed by atoms with Crippen LogP contribution in [0, 0.1) is 0 Å². The van der Waals surface area contributed by atoms with E-state index in [-0.39, 0.29) is 77.3 Å². The largest absolute Gasteiger partial charge is 1.00 e. The van der Waals surface area contributed by atoms with Gasteiger partial charge in [-0.05, 0) is 33.0 Å². The van der Waals surface area contributed by atoms with Gasteiger partial charge in [0.15, 0.2) is 0 Å². The molecule has 0 N–H and O–H groups in total. The summed E-state index contributed by atoms with van der Waals surface area (Å²) in [7, 11) is 0. The van der Waals surface area contributed by atoms with Gasteiger partial charge in [-0.15, -0.1) is 6.10 Å². The minimum absolute atomic E-state index is 0. The van der Waals surface area contributed by atoms with Gasteiger partial charge in [-0.1, -0.05) is 13.5 Å². The number of ether oxygens (including phenoxy) is 3. The van der Waals surface area contributed by atoms with Crippen molar-refractivity contribution in [3.8, 4) is 0 Å². The van der Waals surface area contributed by atoms with E-state index >= 15 is 0 Å². The van der Waals surface area contributed by atoms with Crippen molar-refractivity contribution in [1.82, 2.24) is 0 Å². The fraction of sp³-hybridized carbons (Fsp3) is 0.643. The summed E-state index contributed by atoms with van der Waals surface area (Å²) >= 11 is 0. The molecule has 2 atom stereocenters. The molecule has 0 radical (unpaired) electrons. The molecule has 0 aliphatic rings. The first-order chi connectivity index (χ1) is 9.23. The smallest absolute Gasteiger partial charge is 0.852 e. The van der Waals surface area contributed by atoms with Crippen LogP contribution in [0.25, 0.3) is 0 Å². The van der Waals surface area contributed by atoms with Crippen LogP contribution >= 0.6 is 0 Å². The van der Waals surface area contributed by atoms with Gasteiger partial charge < -0.3 is 24.4 Å². The van der Waals surface area contributed by atoms with Gasteiger partial charge in [-0.2, -0.15) is 0 Å². The third-order valence-electron chi connectivity index (χ3n) is 2.18. The van der Waals surface area contributed by atoms with Gasteiger partial charge in [0.1, 0.15) is 6.61 Å². The Hall–Kier alpha value is 0.106. The van der Waals surface area contributed by atoms with Crippen LogP contribution in [0.15, 0.2) is 23.7 Å². The van der Waals surface area contributed by atoms with Crippen LogP contribution in [-0.2, 0) is 19.0 Å². The van der Waals surface area contributed by atoms with E-state index in [2.05, 4.69) is 6.58 Å². The van der Waals surface area contributed by atoms with E-state index < -0.39 is 18.0 Å². The molecule has 0 aromatic heterocycles. The zero-order valence-electron chi connectivity index (χ0n) is 13.4. The van der Waals surface area contributed by atoms with Gasteiger partial charge in [0.2, 0.25) is 0 Å². The van der Waals surface area contributed by atoms with Crippen LogP contribution < -0.4 is 61.6 Å². The quantitative estimate of drug-likeness (QED) is 0.193. The maximum absolute atomic E-state index is 11.4. The summed E-state index contributed by atoms with van der Waals surface area (Å²) in [5, 5.41) is 22.2. The average Bonchev–Trinajstić information content (AvgIpc) is 2.38. The summed E-state index contributed by atoms with van der Waals surface area (Å²) in [6.07, 6.45) is -1.31. The molecule has 0 heterocycles. The first kappa shape index (κ1) is 23.4. The molecule has 0 fully saturated rings. The third-order valence-corrected chi connectivity index (χ3v) is 2.18. The minimum Gasteiger partial charge on any atom is -0.852 e. The van der Waals surface area contributed by atoms with Crippen LogP contribution in [-0.4, -0.2) is 38.0 Å². The van der Waals surface area contributed by atoms with Crippen molar-refractivity contribution < 1.29 is 80.6 Å². The van der Waals surface area contributed by atoms with Crippen molar-refractivity contribution in [1.29, 1.82) is 0 Å². The molecule has 6 nitrogen and oxygen atoms in total. The minimum atomic E-state index is -0.951. The monoisotopic (exact) mass is 325 g/mol. The zero-order valence-corrected chi connectivity index (χ0v) is 16.6. The van der Waals surface area contributed by atoms with Gasteiger partial charge in [0.05, 0.1) is 18.7 Å². The molecule has 0 bridgehead atoms. The van der Waals surface area contributed by atoms with Crippen molar-refractivity contribution in [2.45, 2.75) is 39.9 Å². The predicted molar refractivity (Wildman–Crippen MR) is 69.3 cm³/mol. The number of carbonyl (C=O) groups excluding carboxylic acids is 1. The van der Waals surface area contributed by atoms with E-state index in [1.165, 1.54) is 6.92 Å². The average molecular weight is 325 g/mol. The molecule has 0 amide bonds. The molecule has 116 valence electrons. The molecule has 0 aliphatic heterocycles. The summed E-state index contributed by atoms with van der Waals surface area (Å²) in [6.45, 7) is 9.66. The Kier molecular flexibility index (Phi) is 14.1. The topological polar surface area (TPSA) is 90.9 Å². The number of hydrogen-bond donors (Lipinski definition) is 0. The molecule has 2 unspecified atom stereocenters. The SMILES string of the molecule is C=C(C)C(=O)OCC(C)OC/C(C)=C(\[O-])OCC(C)[O-].[K+]. The second-order valence-corrected chi connectivity index (χ2v) is 4.69. The Morgan fingerprint density at radius 1 is 1.19 bits per heavy atom. The number of carbonyl (C=O) groups is 1. The Balaban J connectivity index is 0. The van der Waals surface area contributed by atoms with E-state index in [0.717, 1.165) is 0 Å². The van der Waals surface area contributed by atoms with E-state index in [4.69, 9.17) is 14.2 Å². The number of hydrogen-bond acceptors (Lipinski definition) is 6. The van der Waals surface area contributed by atoms with Gasteiger partial charge in [-0.25, -0.2) is 4.79 Å². The molecule has 0 aromatic carbocycles. The van der Waals surface area contributed by atoms with E-state index in [0.29, 0.717) is 11.1 Å². The van der Waals surface area contributed by atoms with E-state index in [9.17, 15) is 15.0 Å². The van der Waals surface area contributed by atoms with Gasteiger partial charge in [0, 0.05) is 5.57 Å². The Bertz CT molecular complexity index is 364. The Morgan fingerprint density at radius 2 is 1.76 bits per heavy atom. The Labute approximate surface area is 168 Å². The van der Waals surface area contributed by atoms with E-state index in [1.807, 2.05) is 0 Å². The molecule has 7 heteroatoms. The zero-order chi connectivity index (χ0) is 15.7. The normalized spacial score (nSPS) is 14.3. The van der Waals surface area contributed by atoms with Gasteiger partial charge in [0.25, 0.3) is 0 Å². The first-order valence-corrected chi connectivity index (χ1v) is 6.33. The standard InChI is InChI=1S/C14H23O6.K/c1-9(2)13(16)20-8-12(5)18-6-10(3)14(17)19-7-11(4)15;/h11-12,17H,1,6-8H2,2-5H3;/q-1;+1/p-1/b14-10+;. The molecular weight excluding hydrogens is 303 g/mol. The third kappa shape index (κ3) is 12.3. The van der Waals surface area contributed by atoms with Crippen LogP contribution in [0.3, 0.4) is 0 Å². The van der Waals surface area contributed by atoms with Crippen LogP contribution in [0.5, 0.6) is 0 Å². The fourth-order valence-corrected chi connectivity index (χ4v) is 1.01. The fourth-order valence-electron chi connectivity index (χ4n) is 1.01. The van der Waals surface area contributed by atoms with Crippen molar-refractivity contribution >= 4 is 5.97 Å². The first-order valence-electron chi connectivity index (χ1n) is 6.33. The molecule has 0 aromatic rings. The van der Waals surface area contributed by atoms with Crippen LogP contribution in [0.2, 0.25) is 0 Å². The second-order valence-electron chi connectivity index (χ2n) is 4.69. The van der Waals surface area contributed by atoms with Crippen molar-refractivity contribution in [3.63, 3.8) is 0 Å². The van der Waals surface area contributed by atoms with Crippen LogP contribution in [0.4, 0.5) is 0 Å². The number of rotatable bonds is 9. The molecule has 0 spiro atoms. The molecule has 0 saturated heterocycles. The Morgan fingerprint density at radius 3 is 2.24 bits per heavy atom. The summed E-state index contributed by atoms with van der Waals surface area (Å²) in [5.41, 5.74) is 0.666. The van der Waals surface area contributed by atoms with Crippen molar-refractivity contribution in [3.05, 3.63) is 23.7 Å². The van der Waals surface area contributed by atoms with E-state index in [1.54, 1.807) is 20.8 Å². The molecule has 21 heavy (non-hydrogen) atoms. The summed E-state index contributed by atoms with van der Waals surface area (Å²) < 4.78 is 15.0. The maximum atomic E-state index is 11.4. The molecule has 0 rings (SSSR count). The summed E-state index contributed by atoms with van der Waals surface area (Å²) in [6, 6.07) is 0. The summed E-state index contributed by atoms with van der Waals surface area (Å²) in [4.78, 5) is 11.2. The molecule has 0 aliphatic carbocycles. The second kappa shape index (κ2) is 12.6. The maximum Gasteiger partial charge on any atom is 1.00 e. The predicted octanol–water partition coefficient (Wildman–Crippen LogP) is -3.13. The summed E-state index contributed by atoms with van der Waals surface area (Å²) in [5.74, 6) is -1.04. The van der Waals surface area contributed by atoms with Gasteiger partial charge in [-0.3, -0.25) is 0 Å². The molecular formula is C14H22KO6-. The van der Waals surface area contributed by atoms with Crippen molar-refractivity contribution in [2.24, 2.45) is 0 Å². The van der Waals surface area contributed by atoms with Gasteiger partial charge >= 0.3 is 57.4 Å². The van der Waals surface area contributed by atoms with Crippen molar-refractivity contribution in [2.75, 3.05) is 19.8 Å². The van der Waals surface area contributed by atoms with Crippen LogP contribution in [0.1, 0.15) is 27.7 Å².